The molecule has 112 valence electrons. The molecule has 0 radical (unpaired) electrons. The number of nitrogens with zero attached hydrogens (tertiary/aromatic N) is 3. The number of aromatic nitrogens is 2. The maximum Gasteiger partial charge on any atom is 0.345 e. The van der Waals surface area contributed by atoms with E-state index in [2.05, 4.69) is 24.3 Å². The fourth-order valence-electron chi connectivity index (χ4n) is 1.96. The van der Waals surface area contributed by atoms with Gasteiger partial charge >= 0.3 is 5.82 Å². The van der Waals surface area contributed by atoms with E-state index < -0.39 is 4.92 Å². The Balaban J connectivity index is 2.39. The first-order valence-electron chi connectivity index (χ1n) is 6.85. The Morgan fingerprint density at radius 2 is 2.15 bits per heavy atom. The monoisotopic (exact) mass is 282 g/mol. The van der Waals surface area contributed by atoms with Crippen molar-refractivity contribution in [1.82, 2.24) is 15.1 Å². The Kier molecular flexibility index (Phi) is 6.14. The number of carbonyl (C=O) groups excluding carboxylic acids is 1. The number of rotatable bonds is 8. The molecule has 1 N–H and O–H groups in total. The average molecular weight is 282 g/mol. The zero-order chi connectivity index (χ0) is 15.1. The highest BCUT2D eigenvalue weighted by atomic mass is 16.6. The SMILES string of the molecule is CC(C)CCCC(C)NC(=O)Cn1nccc1[N+](=O)[O-]. The Labute approximate surface area is 118 Å². The van der Waals surface area contributed by atoms with Gasteiger partial charge in [-0.25, -0.2) is 0 Å². The summed E-state index contributed by atoms with van der Waals surface area (Å²) in [5, 5.41) is 17.3. The van der Waals surface area contributed by atoms with Crippen LogP contribution in [-0.4, -0.2) is 26.7 Å². The Hall–Kier alpha value is -1.92. The maximum absolute atomic E-state index is 11.8. The number of amides is 1. The minimum atomic E-state index is -0.549. The van der Waals surface area contributed by atoms with Gasteiger partial charge in [-0.05, 0) is 24.2 Å². The highest BCUT2D eigenvalue weighted by Gasteiger charge is 2.18. The molecule has 0 bridgehead atoms. The first-order valence-corrected chi connectivity index (χ1v) is 6.85. The lowest BCUT2D eigenvalue weighted by molar-refractivity contribution is -0.392. The third-order valence-corrected chi connectivity index (χ3v) is 3.00. The summed E-state index contributed by atoms with van der Waals surface area (Å²) in [4.78, 5) is 22.0. The molecule has 1 unspecified atom stereocenters. The van der Waals surface area contributed by atoms with Gasteiger partial charge in [0, 0.05) is 6.04 Å². The molecule has 0 spiro atoms. The molecule has 1 atom stereocenters. The first kappa shape index (κ1) is 16.1. The highest BCUT2D eigenvalue weighted by molar-refractivity contribution is 5.76. The number of nitro groups is 1. The van der Waals surface area contributed by atoms with Gasteiger partial charge in [0.1, 0.15) is 0 Å². The second-order valence-electron chi connectivity index (χ2n) is 5.40. The number of carbonyl (C=O) groups is 1. The van der Waals surface area contributed by atoms with Crippen LogP contribution < -0.4 is 5.32 Å². The summed E-state index contributed by atoms with van der Waals surface area (Å²) in [6.45, 7) is 6.15. The van der Waals surface area contributed by atoms with Gasteiger partial charge in [-0.15, -0.1) is 4.68 Å². The largest absolute Gasteiger partial charge is 0.358 e. The molecule has 20 heavy (non-hydrogen) atoms. The predicted molar refractivity (Wildman–Crippen MR) is 75.2 cm³/mol. The van der Waals surface area contributed by atoms with Crippen LogP contribution in [0.15, 0.2) is 12.3 Å². The van der Waals surface area contributed by atoms with Gasteiger partial charge in [-0.1, -0.05) is 31.8 Å². The van der Waals surface area contributed by atoms with Crippen LogP contribution in [0.25, 0.3) is 0 Å². The molecule has 0 aliphatic heterocycles. The Bertz CT molecular complexity index is 456. The van der Waals surface area contributed by atoms with Gasteiger partial charge in [0.15, 0.2) is 6.54 Å². The van der Waals surface area contributed by atoms with Crippen molar-refractivity contribution < 1.29 is 9.72 Å². The van der Waals surface area contributed by atoms with Crippen molar-refractivity contribution in [2.24, 2.45) is 5.92 Å². The van der Waals surface area contributed by atoms with E-state index in [1.807, 2.05) is 6.92 Å². The summed E-state index contributed by atoms with van der Waals surface area (Å²) in [7, 11) is 0. The van der Waals surface area contributed by atoms with E-state index in [1.54, 1.807) is 0 Å². The summed E-state index contributed by atoms with van der Waals surface area (Å²) in [5.41, 5.74) is 0. The van der Waals surface area contributed by atoms with Gasteiger partial charge in [0.2, 0.25) is 0 Å². The van der Waals surface area contributed by atoms with Gasteiger partial charge in [-0.3, -0.25) is 4.79 Å². The van der Waals surface area contributed by atoms with Crippen LogP contribution in [0, 0.1) is 16.0 Å². The third kappa shape index (κ3) is 5.38. The minimum Gasteiger partial charge on any atom is -0.358 e. The molecule has 1 rings (SSSR count). The van der Waals surface area contributed by atoms with Crippen molar-refractivity contribution in [1.29, 1.82) is 0 Å². The summed E-state index contributed by atoms with van der Waals surface area (Å²) >= 11 is 0. The number of hydrogen-bond donors (Lipinski definition) is 1. The third-order valence-electron chi connectivity index (χ3n) is 3.00. The second-order valence-corrected chi connectivity index (χ2v) is 5.40. The lowest BCUT2D eigenvalue weighted by atomic mass is 10.0. The summed E-state index contributed by atoms with van der Waals surface area (Å²) in [6, 6.07) is 1.34. The van der Waals surface area contributed by atoms with Crippen molar-refractivity contribution >= 4 is 11.7 Å². The van der Waals surface area contributed by atoms with Crippen LogP contribution in [0.1, 0.15) is 40.0 Å². The molecule has 7 heteroatoms. The normalized spacial score (nSPS) is 12.4. The molecule has 0 aromatic carbocycles. The maximum atomic E-state index is 11.8. The van der Waals surface area contributed by atoms with Crippen LogP contribution in [0.3, 0.4) is 0 Å². The van der Waals surface area contributed by atoms with Crippen molar-refractivity contribution in [3.63, 3.8) is 0 Å². The molecule has 1 aromatic rings. The van der Waals surface area contributed by atoms with Crippen LogP contribution >= 0.6 is 0 Å². The van der Waals surface area contributed by atoms with Crippen LogP contribution in [0.4, 0.5) is 5.82 Å². The molecule has 7 nitrogen and oxygen atoms in total. The average Bonchev–Trinajstić information content (AvgIpc) is 2.76. The van der Waals surface area contributed by atoms with Crippen molar-refractivity contribution in [2.75, 3.05) is 0 Å². The van der Waals surface area contributed by atoms with Gasteiger partial charge in [0.25, 0.3) is 5.91 Å². The second kappa shape index (κ2) is 7.62. The van der Waals surface area contributed by atoms with E-state index in [0.29, 0.717) is 5.92 Å². The van der Waals surface area contributed by atoms with E-state index in [-0.39, 0.29) is 24.3 Å². The molecule has 1 aromatic heterocycles. The summed E-state index contributed by atoms with van der Waals surface area (Å²) in [6.07, 6.45) is 4.41. The van der Waals surface area contributed by atoms with Gasteiger partial charge in [0.05, 0.1) is 12.3 Å². The zero-order valence-electron chi connectivity index (χ0n) is 12.2. The van der Waals surface area contributed by atoms with E-state index in [1.165, 1.54) is 12.3 Å². The molecule has 0 saturated carbocycles. The van der Waals surface area contributed by atoms with Crippen molar-refractivity contribution in [3.05, 3.63) is 22.4 Å². The zero-order valence-corrected chi connectivity index (χ0v) is 12.2. The fourth-order valence-corrected chi connectivity index (χ4v) is 1.96. The lowest BCUT2D eigenvalue weighted by Crippen LogP contribution is -2.35. The van der Waals surface area contributed by atoms with E-state index >= 15 is 0 Å². The topological polar surface area (TPSA) is 90.1 Å². The summed E-state index contributed by atoms with van der Waals surface area (Å²) < 4.78 is 1.09. The molecule has 0 aliphatic rings. The molecule has 0 aliphatic carbocycles. The van der Waals surface area contributed by atoms with E-state index in [4.69, 9.17) is 0 Å². The molecule has 1 heterocycles. The van der Waals surface area contributed by atoms with Gasteiger partial charge < -0.3 is 15.4 Å². The molecule has 0 saturated heterocycles. The molecular formula is C13H22N4O3. The Morgan fingerprint density at radius 3 is 2.75 bits per heavy atom. The minimum absolute atomic E-state index is 0.0656. The van der Waals surface area contributed by atoms with Gasteiger partial charge in [-0.2, -0.15) is 0 Å². The van der Waals surface area contributed by atoms with Crippen LogP contribution in [-0.2, 0) is 11.3 Å². The van der Waals surface area contributed by atoms with Crippen molar-refractivity contribution in [3.8, 4) is 0 Å². The molecule has 0 fully saturated rings. The summed E-state index contributed by atoms with van der Waals surface area (Å²) in [5.74, 6) is 0.228. The standard InChI is InChI=1S/C13H22N4O3/c1-10(2)5-4-6-11(3)15-12(18)9-16-13(17(19)20)7-8-14-16/h7-8,10-11H,4-6,9H2,1-3H3,(H,15,18). The van der Waals surface area contributed by atoms with E-state index in [0.717, 1.165) is 23.9 Å². The fraction of sp³-hybridized carbons (Fsp3) is 0.692. The lowest BCUT2D eigenvalue weighted by Gasteiger charge is -2.13. The van der Waals surface area contributed by atoms with E-state index in [9.17, 15) is 14.9 Å². The predicted octanol–water partition coefficient (Wildman–Crippen LogP) is 2.12. The van der Waals surface area contributed by atoms with Crippen LogP contribution in [0.5, 0.6) is 0 Å². The molecular weight excluding hydrogens is 260 g/mol. The highest BCUT2D eigenvalue weighted by Crippen LogP contribution is 2.10. The quantitative estimate of drug-likeness (QED) is 0.584. The number of nitrogens with one attached hydrogen (secondary N) is 1. The Morgan fingerprint density at radius 1 is 1.45 bits per heavy atom. The smallest absolute Gasteiger partial charge is 0.345 e. The number of hydrogen-bond acceptors (Lipinski definition) is 4. The van der Waals surface area contributed by atoms with Crippen molar-refractivity contribution in [2.45, 2.75) is 52.6 Å². The first-order chi connectivity index (χ1) is 9.40. The van der Waals surface area contributed by atoms with Crippen LogP contribution in [0.2, 0.25) is 0 Å². The molecule has 1 amide bonds.